The van der Waals surface area contributed by atoms with Crippen molar-refractivity contribution in [3.8, 4) is 0 Å². The zero-order valence-corrected chi connectivity index (χ0v) is 18.4. The van der Waals surface area contributed by atoms with Gasteiger partial charge in [-0.2, -0.15) is 0 Å². The van der Waals surface area contributed by atoms with Crippen LogP contribution < -0.4 is 11.1 Å². The number of amides is 3. The van der Waals surface area contributed by atoms with Crippen molar-refractivity contribution in [2.75, 3.05) is 19.6 Å². The van der Waals surface area contributed by atoms with Gasteiger partial charge in [-0.25, -0.2) is 4.79 Å². The summed E-state index contributed by atoms with van der Waals surface area (Å²) in [5.41, 5.74) is 6.09. The maximum Gasteiger partial charge on any atom is 0.410 e. The number of hydrogen-bond acceptors (Lipinski definition) is 5. The van der Waals surface area contributed by atoms with E-state index < -0.39 is 29.6 Å². The van der Waals surface area contributed by atoms with Crippen molar-refractivity contribution in [1.82, 2.24) is 15.1 Å². The second kappa shape index (κ2) is 10.4. The van der Waals surface area contributed by atoms with E-state index in [0.29, 0.717) is 19.5 Å². The number of benzene rings is 1. The summed E-state index contributed by atoms with van der Waals surface area (Å²) in [6, 6.07) is 8.20. The molecule has 1 heterocycles. The van der Waals surface area contributed by atoms with E-state index in [2.05, 4.69) is 5.32 Å². The largest absolute Gasteiger partial charge is 0.445 e. The fraction of sp³-hybridized carbons (Fsp3) is 0.591. The van der Waals surface area contributed by atoms with Crippen molar-refractivity contribution in [1.29, 1.82) is 0 Å². The Balaban J connectivity index is 2.13. The summed E-state index contributed by atoms with van der Waals surface area (Å²) in [7, 11) is 0. The van der Waals surface area contributed by atoms with Crippen molar-refractivity contribution < 1.29 is 19.1 Å². The molecule has 1 unspecified atom stereocenters. The zero-order chi connectivity index (χ0) is 22.3. The molecule has 3 N–H and O–H groups in total. The molecule has 0 aliphatic carbocycles. The van der Waals surface area contributed by atoms with Gasteiger partial charge in [0.15, 0.2) is 0 Å². The normalized spacial score (nSPS) is 18.5. The van der Waals surface area contributed by atoms with Crippen molar-refractivity contribution in [2.24, 2.45) is 5.73 Å². The maximum atomic E-state index is 13.0. The molecule has 0 saturated carbocycles. The Morgan fingerprint density at radius 1 is 1.20 bits per heavy atom. The number of nitrogens with zero attached hydrogens (tertiary/aromatic N) is 2. The first-order valence-electron chi connectivity index (χ1n) is 10.4. The highest BCUT2D eigenvalue weighted by Gasteiger charge is 2.40. The van der Waals surface area contributed by atoms with Crippen molar-refractivity contribution in [3.63, 3.8) is 0 Å². The molecule has 1 fully saturated rings. The average Bonchev–Trinajstić information content (AvgIpc) is 2.69. The predicted octanol–water partition coefficient (Wildman–Crippen LogP) is 1.88. The Morgan fingerprint density at radius 2 is 1.87 bits per heavy atom. The first-order valence-corrected chi connectivity index (χ1v) is 10.4. The molecule has 1 aliphatic heterocycles. The Morgan fingerprint density at radius 3 is 2.43 bits per heavy atom. The third-order valence-electron chi connectivity index (χ3n) is 4.98. The van der Waals surface area contributed by atoms with E-state index in [9.17, 15) is 14.4 Å². The number of piperazine rings is 1. The summed E-state index contributed by atoms with van der Waals surface area (Å²) in [5.74, 6) is -0.684. The van der Waals surface area contributed by atoms with Crippen LogP contribution in [0.5, 0.6) is 0 Å². The van der Waals surface area contributed by atoms with Crippen LogP contribution in [0.25, 0.3) is 0 Å². The zero-order valence-electron chi connectivity index (χ0n) is 18.4. The van der Waals surface area contributed by atoms with Crippen LogP contribution in [0.1, 0.15) is 46.1 Å². The van der Waals surface area contributed by atoms with Gasteiger partial charge < -0.3 is 20.7 Å². The van der Waals surface area contributed by atoms with Gasteiger partial charge in [0.25, 0.3) is 0 Å². The summed E-state index contributed by atoms with van der Waals surface area (Å²) in [6.07, 6.45) is 0.853. The highest BCUT2D eigenvalue weighted by atomic mass is 16.6. The van der Waals surface area contributed by atoms with E-state index in [1.165, 1.54) is 4.90 Å². The number of hydrogen-bond donors (Lipinski definition) is 2. The molecule has 1 aromatic carbocycles. The molecular weight excluding hydrogens is 384 g/mol. The van der Waals surface area contributed by atoms with Crippen LogP contribution in [0.15, 0.2) is 30.3 Å². The maximum absolute atomic E-state index is 13.0. The van der Waals surface area contributed by atoms with Gasteiger partial charge in [0.05, 0.1) is 6.04 Å². The number of carbonyl (C=O) groups excluding carboxylic acids is 3. The molecule has 2 rings (SSSR count). The van der Waals surface area contributed by atoms with Crippen LogP contribution in [0.3, 0.4) is 0 Å². The lowest BCUT2D eigenvalue weighted by Crippen LogP contribution is -2.65. The lowest BCUT2D eigenvalue weighted by Gasteiger charge is -2.43. The number of ether oxygens (including phenoxy) is 1. The van der Waals surface area contributed by atoms with E-state index in [-0.39, 0.29) is 19.1 Å². The van der Waals surface area contributed by atoms with Gasteiger partial charge in [-0.1, -0.05) is 43.7 Å². The minimum atomic E-state index is -0.675. The van der Waals surface area contributed by atoms with Gasteiger partial charge in [-0.05, 0) is 32.8 Å². The number of carbonyl (C=O) groups is 3. The molecule has 8 nitrogen and oxygen atoms in total. The lowest BCUT2D eigenvalue weighted by molar-refractivity contribution is -0.135. The lowest BCUT2D eigenvalue weighted by atomic mass is 10.0. The third kappa shape index (κ3) is 6.73. The number of primary amides is 1. The highest BCUT2D eigenvalue weighted by molar-refractivity contribution is 5.86. The van der Waals surface area contributed by atoms with Gasteiger partial charge >= 0.3 is 6.09 Å². The minimum Gasteiger partial charge on any atom is -0.445 e. The van der Waals surface area contributed by atoms with Gasteiger partial charge in [-0.3, -0.25) is 14.5 Å². The number of nitrogens with one attached hydrogen (secondary N) is 1. The summed E-state index contributed by atoms with van der Waals surface area (Å²) < 4.78 is 5.43. The summed E-state index contributed by atoms with van der Waals surface area (Å²) in [4.78, 5) is 41.1. The summed E-state index contributed by atoms with van der Waals surface area (Å²) in [5, 5.41) is 2.96. The van der Waals surface area contributed by atoms with Crippen LogP contribution >= 0.6 is 0 Å². The van der Waals surface area contributed by atoms with Crippen LogP contribution in [0, 0.1) is 0 Å². The van der Waals surface area contributed by atoms with E-state index in [4.69, 9.17) is 10.5 Å². The minimum absolute atomic E-state index is 0.142. The van der Waals surface area contributed by atoms with Gasteiger partial charge in [0, 0.05) is 25.2 Å². The Labute approximate surface area is 178 Å². The van der Waals surface area contributed by atoms with Gasteiger partial charge in [0.2, 0.25) is 11.8 Å². The Hall–Kier alpha value is -2.61. The van der Waals surface area contributed by atoms with Crippen LogP contribution in [-0.2, 0) is 20.9 Å². The molecule has 1 saturated heterocycles. The molecule has 0 aromatic heterocycles. The van der Waals surface area contributed by atoms with Gasteiger partial charge in [0.1, 0.15) is 12.6 Å². The molecule has 1 aliphatic rings. The molecule has 3 amide bonds. The van der Waals surface area contributed by atoms with Crippen molar-refractivity contribution >= 4 is 17.9 Å². The van der Waals surface area contributed by atoms with Crippen molar-refractivity contribution in [2.45, 2.75) is 64.8 Å². The topological polar surface area (TPSA) is 105 Å². The number of nitrogens with two attached hydrogens (primary N) is 1. The molecule has 0 bridgehead atoms. The first kappa shape index (κ1) is 23.7. The van der Waals surface area contributed by atoms with Gasteiger partial charge in [-0.15, -0.1) is 0 Å². The van der Waals surface area contributed by atoms with Crippen LogP contribution in [0.2, 0.25) is 0 Å². The molecule has 0 radical (unpaired) electrons. The number of rotatable bonds is 7. The van der Waals surface area contributed by atoms with E-state index in [1.54, 1.807) is 0 Å². The van der Waals surface area contributed by atoms with Crippen molar-refractivity contribution in [3.05, 3.63) is 35.9 Å². The predicted molar refractivity (Wildman–Crippen MR) is 114 cm³/mol. The molecule has 166 valence electrons. The Bertz CT molecular complexity index is 732. The molecular formula is C22H34N4O4. The molecule has 2 atom stereocenters. The summed E-state index contributed by atoms with van der Waals surface area (Å²) in [6.45, 7) is 8.68. The van der Waals surface area contributed by atoms with Crippen LogP contribution in [0.4, 0.5) is 4.79 Å². The third-order valence-corrected chi connectivity index (χ3v) is 4.98. The standard InChI is InChI=1S/C22H34N4O4/c1-5-9-17(19(23)27)26-13-12-25(14-18(26)20(28)24-22(2,3)4)21(29)30-15-16-10-7-6-8-11-16/h6-8,10-11,17-18H,5,9,12-15H2,1-4H3,(H2,23,27)(H,24,28)/t17-,18?/m0/s1. The van der Waals surface area contributed by atoms with Crippen LogP contribution in [-0.4, -0.2) is 65.0 Å². The Kier molecular flexibility index (Phi) is 8.23. The molecule has 0 spiro atoms. The fourth-order valence-corrected chi connectivity index (χ4v) is 3.58. The molecule has 1 aromatic rings. The van der Waals surface area contributed by atoms with E-state index in [1.807, 2.05) is 62.9 Å². The second-order valence-corrected chi connectivity index (χ2v) is 8.69. The SMILES string of the molecule is CCC[C@@H](C(N)=O)N1CCN(C(=O)OCc2ccccc2)CC1C(=O)NC(C)(C)C. The molecule has 8 heteroatoms. The smallest absolute Gasteiger partial charge is 0.410 e. The fourth-order valence-electron chi connectivity index (χ4n) is 3.58. The highest BCUT2D eigenvalue weighted by Crippen LogP contribution is 2.19. The van der Waals surface area contributed by atoms with E-state index in [0.717, 1.165) is 12.0 Å². The monoisotopic (exact) mass is 418 g/mol. The van der Waals surface area contributed by atoms with E-state index >= 15 is 0 Å². The second-order valence-electron chi connectivity index (χ2n) is 8.69. The average molecular weight is 419 g/mol. The summed E-state index contributed by atoms with van der Waals surface area (Å²) >= 11 is 0. The quantitative estimate of drug-likeness (QED) is 0.703. The molecule has 30 heavy (non-hydrogen) atoms. The first-order chi connectivity index (χ1) is 14.1.